The predicted octanol–water partition coefficient (Wildman–Crippen LogP) is 3.98. The Morgan fingerprint density at radius 2 is 1.59 bits per heavy atom. The average Bonchev–Trinajstić information content (AvgIpc) is 2.23. The van der Waals surface area contributed by atoms with E-state index in [1.165, 1.54) is 12.8 Å². The Bertz CT molecular complexity index is 191. The quantitative estimate of drug-likeness (QED) is 0.622. The highest BCUT2D eigenvalue weighted by Gasteiger charge is 2.01. The van der Waals surface area contributed by atoms with Gasteiger partial charge in [0.15, 0.2) is 0 Å². The third-order valence-electron chi connectivity index (χ3n) is 2.64. The van der Waals surface area contributed by atoms with E-state index in [1.54, 1.807) is 0 Å². The number of nitrogens with one attached hydrogen (secondary N) is 1. The number of carbonyl (C=O) groups is 1. The van der Waals surface area contributed by atoms with Crippen LogP contribution < -0.4 is 5.32 Å². The minimum absolute atomic E-state index is 0.265. The molecule has 0 aromatic carbocycles. The molecule has 0 saturated heterocycles. The first kappa shape index (κ1) is 16.3. The molecule has 17 heavy (non-hydrogen) atoms. The molecule has 0 aliphatic rings. The van der Waals surface area contributed by atoms with Gasteiger partial charge in [0, 0.05) is 6.54 Å². The van der Waals surface area contributed by atoms with Gasteiger partial charge >= 0.3 is 6.09 Å². The molecule has 0 unspecified atom stereocenters. The predicted molar refractivity (Wildman–Crippen MR) is 72.1 cm³/mol. The van der Waals surface area contributed by atoms with Crippen molar-refractivity contribution in [2.24, 2.45) is 11.8 Å². The minimum atomic E-state index is -0.265. The zero-order valence-corrected chi connectivity index (χ0v) is 11.9. The molecule has 0 fully saturated rings. The fourth-order valence-corrected chi connectivity index (χ4v) is 1.58. The Labute approximate surface area is 106 Å². The molecule has 0 aromatic heterocycles. The molecule has 3 nitrogen and oxygen atoms in total. The lowest BCUT2D eigenvalue weighted by Crippen LogP contribution is -2.25. The number of hydrogen-bond donors (Lipinski definition) is 1. The number of rotatable bonds is 9. The van der Waals surface area contributed by atoms with Crippen LogP contribution in [0.3, 0.4) is 0 Å². The Balaban J connectivity index is 3.23. The van der Waals surface area contributed by atoms with Gasteiger partial charge in [-0.15, -0.1) is 0 Å². The number of ether oxygens (including phenoxy) is 1. The minimum Gasteiger partial charge on any atom is -0.450 e. The summed E-state index contributed by atoms with van der Waals surface area (Å²) in [4.78, 5) is 11.3. The third-order valence-corrected chi connectivity index (χ3v) is 2.64. The number of amides is 1. The van der Waals surface area contributed by atoms with Gasteiger partial charge in [0.05, 0.1) is 6.61 Å². The van der Waals surface area contributed by atoms with Gasteiger partial charge in [0.25, 0.3) is 0 Å². The third kappa shape index (κ3) is 13.2. The highest BCUT2D eigenvalue weighted by Crippen LogP contribution is 2.05. The maximum absolute atomic E-state index is 11.3. The Morgan fingerprint density at radius 1 is 1.00 bits per heavy atom. The summed E-state index contributed by atoms with van der Waals surface area (Å²) in [6.45, 7) is 10.1. The number of alkyl carbamates (subject to hydrolysis) is 1. The van der Waals surface area contributed by atoms with E-state index in [0.717, 1.165) is 31.7 Å². The summed E-state index contributed by atoms with van der Waals surface area (Å²) in [7, 11) is 0. The largest absolute Gasteiger partial charge is 0.450 e. The topological polar surface area (TPSA) is 38.3 Å². The number of hydrogen-bond acceptors (Lipinski definition) is 2. The smallest absolute Gasteiger partial charge is 0.407 e. The molecular formula is C14H29NO2. The highest BCUT2D eigenvalue weighted by atomic mass is 16.5. The van der Waals surface area contributed by atoms with E-state index in [-0.39, 0.29) is 6.09 Å². The van der Waals surface area contributed by atoms with Crippen molar-refractivity contribution in [2.45, 2.75) is 59.8 Å². The molecule has 0 spiro atoms. The molecular weight excluding hydrogens is 214 g/mol. The second-order valence-corrected chi connectivity index (χ2v) is 5.49. The second-order valence-electron chi connectivity index (χ2n) is 5.49. The van der Waals surface area contributed by atoms with Crippen LogP contribution in [0.4, 0.5) is 4.79 Å². The first-order valence-corrected chi connectivity index (χ1v) is 6.93. The SMILES string of the molecule is CC(C)CCCCNC(=O)OCCCC(C)C. The second kappa shape index (κ2) is 10.4. The fraction of sp³-hybridized carbons (Fsp3) is 0.929. The van der Waals surface area contributed by atoms with E-state index in [9.17, 15) is 4.79 Å². The molecule has 102 valence electrons. The van der Waals surface area contributed by atoms with E-state index >= 15 is 0 Å². The van der Waals surface area contributed by atoms with Crippen LogP contribution in [0.25, 0.3) is 0 Å². The normalized spacial score (nSPS) is 10.9. The van der Waals surface area contributed by atoms with Crippen molar-refractivity contribution in [1.29, 1.82) is 0 Å². The molecule has 1 N–H and O–H groups in total. The van der Waals surface area contributed by atoms with Crippen molar-refractivity contribution in [3.05, 3.63) is 0 Å². The van der Waals surface area contributed by atoms with Crippen molar-refractivity contribution in [3.63, 3.8) is 0 Å². The van der Waals surface area contributed by atoms with Crippen LogP contribution in [-0.2, 0) is 4.74 Å². The summed E-state index contributed by atoms with van der Waals surface area (Å²) < 4.78 is 5.07. The van der Waals surface area contributed by atoms with Crippen molar-refractivity contribution >= 4 is 6.09 Å². The molecule has 0 atom stereocenters. The maximum Gasteiger partial charge on any atom is 0.407 e. The van der Waals surface area contributed by atoms with Gasteiger partial charge in [-0.25, -0.2) is 4.79 Å². The zero-order chi connectivity index (χ0) is 13.1. The van der Waals surface area contributed by atoms with Gasteiger partial charge < -0.3 is 10.1 Å². The van der Waals surface area contributed by atoms with Crippen LogP contribution in [0.5, 0.6) is 0 Å². The van der Waals surface area contributed by atoms with Gasteiger partial charge in [-0.3, -0.25) is 0 Å². The molecule has 0 saturated carbocycles. The number of carbonyl (C=O) groups excluding carboxylic acids is 1. The van der Waals surface area contributed by atoms with Crippen molar-refractivity contribution in [2.75, 3.05) is 13.2 Å². The standard InChI is InChI=1S/C14H29NO2/c1-12(2)8-5-6-10-15-14(16)17-11-7-9-13(3)4/h12-13H,5-11H2,1-4H3,(H,15,16). The summed E-state index contributed by atoms with van der Waals surface area (Å²) in [5.41, 5.74) is 0. The van der Waals surface area contributed by atoms with Crippen LogP contribution in [0.2, 0.25) is 0 Å². The van der Waals surface area contributed by atoms with E-state index in [0.29, 0.717) is 12.5 Å². The first-order valence-electron chi connectivity index (χ1n) is 6.93. The van der Waals surface area contributed by atoms with E-state index in [2.05, 4.69) is 33.0 Å². The summed E-state index contributed by atoms with van der Waals surface area (Å²) in [5, 5.41) is 2.78. The Kier molecular flexibility index (Phi) is 9.98. The van der Waals surface area contributed by atoms with Crippen LogP contribution in [0, 0.1) is 11.8 Å². The molecule has 0 aliphatic carbocycles. The van der Waals surface area contributed by atoms with Crippen LogP contribution in [-0.4, -0.2) is 19.2 Å². The van der Waals surface area contributed by atoms with E-state index in [1.807, 2.05) is 0 Å². The monoisotopic (exact) mass is 243 g/mol. The molecule has 0 radical (unpaired) electrons. The number of unbranched alkanes of at least 4 members (excludes halogenated alkanes) is 1. The Morgan fingerprint density at radius 3 is 2.18 bits per heavy atom. The molecule has 0 rings (SSSR count). The van der Waals surface area contributed by atoms with E-state index < -0.39 is 0 Å². The lowest BCUT2D eigenvalue weighted by Gasteiger charge is -2.08. The van der Waals surface area contributed by atoms with Crippen LogP contribution in [0.15, 0.2) is 0 Å². The Hall–Kier alpha value is -0.730. The van der Waals surface area contributed by atoms with Crippen molar-refractivity contribution < 1.29 is 9.53 Å². The molecule has 0 heterocycles. The van der Waals surface area contributed by atoms with Gasteiger partial charge in [-0.05, 0) is 31.1 Å². The fourth-order valence-electron chi connectivity index (χ4n) is 1.58. The van der Waals surface area contributed by atoms with Gasteiger partial charge in [0.1, 0.15) is 0 Å². The molecule has 0 bridgehead atoms. The lowest BCUT2D eigenvalue weighted by atomic mass is 10.1. The first-order chi connectivity index (χ1) is 8.02. The summed E-state index contributed by atoms with van der Waals surface area (Å²) in [6, 6.07) is 0. The molecule has 1 amide bonds. The zero-order valence-electron chi connectivity index (χ0n) is 11.9. The van der Waals surface area contributed by atoms with Gasteiger partial charge in [-0.1, -0.05) is 40.5 Å². The molecule has 3 heteroatoms. The summed E-state index contributed by atoms with van der Waals surface area (Å²) in [6.07, 6.45) is 5.24. The van der Waals surface area contributed by atoms with Crippen molar-refractivity contribution in [3.8, 4) is 0 Å². The lowest BCUT2D eigenvalue weighted by molar-refractivity contribution is 0.142. The van der Waals surface area contributed by atoms with E-state index in [4.69, 9.17) is 4.74 Å². The highest BCUT2D eigenvalue weighted by molar-refractivity contribution is 5.66. The summed E-state index contributed by atoms with van der Waals surface area (Å²) in [5.74, 6) is 1.43. The van der Waals surface area contributed by atoms with Crippen molar-refractivity contribution in [1.82, 2.24) is 5.32 Å². The van der Waals surface area contributed by atoms with Crippen LogP contribution in [0.1, 0.15) is 59.8 Å². The summed E-state index contributed by atoms with van der Waals surface area (Å²) >= 11 is 0. The van der Waals surface area contributed by atoms with Gasteiger partial charge in [-0.2, -0.15) is 0 Å². The molecule has 0 aliphatic heterocycles. The molecule has 0 aromatic rings. The van der Waals surface area contributed by atoms with Gasteiger partial charge in [0.2, 0.25) is 0 Å². The maximum atomic E-state index is 11.3. The van der Waals surface area contributed by atoms with Crippen LogP contribution >= 0.6 is 0 Å². The average molecular weight is 243 g/mol.